The van der Waals surface area contributed by atoms with E-state index in [0.717, 1.165) is 11.1 Å². The quantitative estimate of drug-likeness (QED) is 0.178. The summed E-state index contributed by atoms with van der Waals surface area (Å²) in [7, 11) is 0. The van der Waals surface area contributed by atoms with Crippen LogP contribution in [-0.4, -0.2) is 5.91 Å². The first-order valence-electron chi connectivity index (χ1n) is 11.4. The summed E-state index contributed by atoms with van der Waals surface area (Å²) < 4.78 is 11.5. The zero-order chi connectivity index (χ0) is 26.0. The molecule has 0 saturated heterocycles. The van der Waals surface area contributed by atoms with Crippen molar-refractivity contribution in [3.05, 3.63) is 129 Å². The number of amides is 1. The third-order valence-electron chi connectivity index (χ3n) is 5.34. The third kappa shape index (κ3) is 7.62. The zero-order valence-electron chi connectivity index (χ0n) is 19.7. The van der Waals surface area contributed by atoms with Gasteiger partial charge in [0.25, 0.3) is 5.91 Å². The second kappa shape index (κ2) is 12.6. The maximum Gasteiger partial charge on any atom is 0.266 e. The molecular weight excluding hydrogens is 507 g/mol. The van der Waals surface area contributed by atoms with E-state index in [4.69, 9.17) is 32.7 Å². The van der Waals surface area contributed by atoms with Gasteiger partial charge in [0.05, 0.1) is 0 Å². The number of benzene rings is 4. The Morgan fingerprint density at radius 2 is 1.43 bits per heavy atom. The number of carbonyl (C=O) groups is 1. The Hall–Kier alpha value is -4.24. The highest BCUT2D eigenvalue weighted by Crippen LogP contribution is 2.21. The predicted octanol–water partition coefficient (Wildman–Crippen LogP) is 7.70. The van der Waals surface area contributed by atoms with Crippen LogP contribution in [0, 0.1) is 11.3 Å². The van der Waals surface area contributed by atoms with Gasteiger partial charge in [-0.2, -0.15) is 5.26 Å². The molecule has 5 nitrogen and oxygen atoms in total. The minimum Gasteiger partial charge on any atom is -0.489 e. The Labute approximate surface area is 225 Å². The largest absolute Gasteiger partial charge is 0.489 e. The lowest BCUT2D eigenvalue weighted by Gasteiger charge is -2.09. The molecule has 7 heteroatoms. The van der Waals surface area contributed by atoms with Crippen LogP contribution in [-0.2, 0) is 18.0 Å². The minimum absolute atomic E-state index is 0.0196. The molecule has 0 aromatic heterocycles. The Balaban J connectivity index is 1.32. The Kier molecular flexibility index (Phi) is 8.83. The van der Waals surface area contributed by atoms with Crippen LogP contribution in [0.4, 0.5) is 5.69 Å². The lowest BCUT2D eigenvalue weighted by atomic mass is 10.1. The molecule has 0 heterocycles. The van der Waals surface area contributed by atoms with E-state index in [1.807, 2.05) is 54.6 Å². The van der Waals surface area contributed by atoms with E-state index >= 15 is 0 Å². The second-order valence-electron chi connectivity index (χ2n) is 8.01. The Bertz CT molecular complexity index is 1430. The van der Waals surface area contributed by atoms with E-state index < -0.39 is 5.91 Å². The summed E-state index contributed by atoms with van der Waals surface area (Å²) in [6, 6.07) is 30.9. The summed E-state index contributed by atoms with van der Waals surface area (Å²) >= 11 is 12.1. The van der Waals surface area contributed by atoms with Gasteiger partial charge in [0.15, 0.2) is 0 Å². The average molecular weight is 529 g/mol. The van der Waals surface area contributed by atoms with Crippen LogP contribution >= 0.6 is 23.2 Å². The van der Waals surface area contributed by atoms with Crippen molar-refractivity contribution < 1.29 is 14.3 Å². The van der Waals surface area contributed by atoms with Gasteiger partial charge in [0, 0.05) is 21.3 Å². The van der Waals surface area contributed by atoms with Gasteiger partial charge in [-0.1, -0.05) is 65.7 Å². The van der Waals surface area contributed by atoms with Crippen LogP contribution in [0.25, 0.3) is 6.08 Å². The van der Waals surface area contributed by atoms with E-state index in [9.17, 15) is 10.1 Å². The first-order valence-corrected chi connectivity index (χ1v) is 12.1. The third-order valence-corrected chi connectivity index (χ3v) is 5.96. The highest BCUT2D eigenvalue weighted by atomic mass is 35.5. The highest BCUT2D eigenvalue weighted by Gasteiger charge is 2.10. The Morgan fingerprint density at radius 3 is 2.08 bits per heavy atom. The van der Waals surface area contributed by atoms with Crippen LogP contribution in [0.15, 0.2) is 103 Å². The van der Waals surface area contributed by atoms with Crippen molar-refractivity contribution in [3.8, 4) is 17.6 Å². The summed E-state index contributed by atoms with van der Waals surface area (Å²) in [4.78, 5) is 12.6. The molecule has 0 bridgehead atoms. The molecule has 0 spiro atoms. The molecule has 0 saturated carbocycles. The molecule has 0 aliphatic rings. The summed E-state index contributed by atoms with van der Waals surface area (Å²) in [6.07, 6.45) is 1.53. The number of nitrogens with one attached hydrogen (secondary N) is 1. The number of nitriles is 1. The number of halogens is 2. The SMILES string of the molecule is N#C/C(=C\c1ccc(OCc2ccc(Cl)cc2)cc1)C(=O)Nc1ccc(OCc2ccccc2Cl)cc1. The molecule has 0 aliphatic heterocycles. The van der Waals surface area contributed by atoms with E-state index in [0.29, 0.717) is 46.0 Å². The molecule has 37 heavy (non-hydrogen) atoms. The maximum atomic E-state index is 12.6. The average Bonchev–Trinajstić information content (AvgIpc) is 2.92. The van der Waals surface area contributed by atoms with Crippen LogP contribution < -0.4 is 14.8 Å². The monoisotopic (exact) mass is 528 g/mol. The molecule has 0 radical (unpaired) electrons. The van der Waals surface area contributed by atoms with Gasteiger partial charge in [0.1, 0.15) is 36.4 Å². The molecule has 0 unspecified atom stereocenters. The number of carbonyl (C=O) groups excluding carboxylic acids is 1. The standard InChI is InChI=1S/C30H22Cl2N2O3/c31-25-9-5-22(6-10-25)19-36-27-13-7-21(8-14-27)17-24(18-33)30(35)34-26-11-15-28(16-12-26)37-20-23-3-1-2-4-29(23)32/h1-17H,19-20H2,(H,34,35)/b24-17+. The van der Waals surface area contributed by atoms with Crippen molar-refractivity contribution in [3.63, 3.8) is 0 Å². The number of nitrogens with zero attached hydrogens (tertiary/aromatic N) is 1. The van der Waals surface area contributed by atoms with E-state index in [1.165, 1.54) is 6.08 Å². The summed E-state index contributed by atoms with van der Waals surface area (Å²) in [5.41, 5.74) is 3.11. The van der Waals surface area contributed by atoms with E-state index in [2.05, 4.69) is 5.32 Å². The molecule has 184 valence electrons. The van der Waals surface area contributed by atoms with Gasteiger partial charge < -0.3 is 14.8 Å². The van der Waals surface area contributed by atoms with E-state index in [-0.39, 0.29) is 5.57 Å². The molecule has 1 amide bonds. The fraction of sp³-hybridized carbons (Fsp3) is 0.0667. The van der Waals surface area contributed by atoms with Gasteiger partial charge in [-0.25, -0.2) is 0 Å². The van der Waals surface area contributed by atoms with Crippen LogP contribution in [0.5, 0.6) is 11.5 Å². The van der Waals surface area contributed by atoms with Crippen molar-refractivity contribution >= 4 is 40.9 Å². The summed E-state index contributed by atoms with van der Waals surface area (Å²) in [5.74, 6) is 0.801. The number of hydrogen-bond donors (Lipinski definition) is 1. The normalized spacial score (nSPS) is 10.9. The number of hydrogen-bond acceptors (Lipinski definition) is 4. The van der Waals surface area contributed by atoms with Crippen LogP contribution in [0.3, 0.4) is 0 Å². The topological polar surface area (TPSA) is 71.3 Å². The Morgan fingerprint density at radius 1 is 0.811 bits per heavy atom. The number of anilines is 1. The molecule has 0 fully saturated rings. The van der Waals surface area contributed by atoms with Crippen LogP contribution in [0.1, 0.15) is 16.7 Å². The van der Waals surface area contributed by atoms with Crippen LogP contribution in [0.2, 0.25) is 10.0 Å². The molecule has 4 aromatic rings. The molecule has 0 aliphatic carbocycles. The number of ether oxygens (including phenoxy) is 2. The number of rotatable bonds is 9. The molecular formula is C30H22Cl2N2O3. The fourth-order valence-corrected chi connectivity index (χ4v) is 3.65. The van der Waals surface area contributed by atoms with Gasteiger partial charge in [-0.15, -0.1) is 0 Å². The first kappa shape index (κ1) is 25.8. The van der Waals surface area contributed by atoms with Gasteiger partial charge in [-0.3, -0.25) is 4.79 Å². The molecule has 1 N–H and O–H groups in total. The second-order valence-corrected chi connectivity index (χ2v) is 8.86. The van der Waals surface area contributed by atoms with Gasteiger partial charge in [-0.05, 0) is 71.8 Å². The summed E-state index contributed by atoms with van der Waals surface area (Å²) in [5, 5.41) is 13.6. The van der Waals surface area contributed by atoms with Crippen molar-refractivity contribution in [1.29, 1.82) is 5.26 Å². The first-order chi connectivity index (χ1) is 18.0. The lowest BCUT2D eigenvalue weighted by Crippen LogP contribution is -2.13. The maximum absolute atomic E-state index is 12.6. The molecule has 4 rings (SSSR count). The van der Waals surface area contributed by atoms with Crippen molar-refractivity contribution in [2.45, 2.75) is 13.2 Å². The van der Waals surface area contributed by atoms with E-state index in [1.54, 1.807) is 48.5 Å². The molecule has 4 aromatic carbocycles. The molecule has 0 atom stereocenters. The van der Waals surface area contributed by atoms with Crippen molar-refractivity contribution in [2.24, 2.45) is 0 Å². The predicted molar refractivity (Wildman–Crippen MR) is 147 cm³/mol. The van der Waals surface area contributed by atoms with Gasteiger partial charge >= 0.3 is 0 Å². The zero-order valence-corrected chi connectivity index (χ0v) is 21.2. The lowest BCUT2D eigenvalue weighted by molar-refractivity contribution is -0.112. The smallest absolute Gasteiger partial charge is 0.266 e. The minimum atomic E-state index is -0.504. The summed E-state index contributed by atoms with van der Waals surface area (Å²) in [6.45, 7) is 0.736. The van der Waals surface area contributed by atoms with Crippen molar-refractivity contribution in [1.82, 2.24) is 0 Å². The fourth-order valence-electron chi connectivity index (χ4n) is 3.33. The van der Waals surface area contributed by atoms with Crippen molar-refractivity contribution in [2.75, 3.05) is 5.32 Å². The van der Waals surface area contributed by atoms with Gasteiger partial charge in [0.2, 0.25) is 0 Å². The highest BCUT2D eigenvalue weighted by molar-refractivity contribution is 6.31.